The SMILES string of the molecule is Cc1ncncc1C(=O)NCc1ccc2c(c1)OCO2. The van der Waals surface area contributed by atoms with E-state index in [4.69, 9.17) is 9.47 Å². The molecule has 2 heterocycles. The first-order valence-corrected chi connectivity index (χ1v) is 6.17. The van der Waals surface area contributed by atoms with E-state index in [-0.39, 0.29) is 12.7 Å². The van der Waals surface area contributed by atoms with Gasteiger partial charge in [-0.25, -0.2) is 9.97 Å². The molecule has 1 aromatic carbocycles. The molecule has 3 rings (SSSR count). The van der Waals surface area contributed by atoms with Crippen molar-refractivity contribution in [1.82, 2.24) is 15.3 Å². The summed E-state index contributed by atoms with van der Waals surface area (Å²) in [5.41, 5.74) is 2.08. The first-order valence-electron chi connectivity index (χ1n) is 6.17. The van der Waals surface area contributed by atoms with Crippen molar-refractivity contribution in [2.75, 3.05) is 6.79 Å². The molecule has 0 bridgehead atoms. The summed E-state index contributed by atoms with van der Waals surface area (Å²) < 4.78 is 10.5. The smallest absolute Gasteiger partial charge is 0.254 e. The number of hydrogen-bond acceptors (Lipinski definition) is 5. The molecule has 6 heteroatoms. The molecular formula is C14H13N3O3. The van der Waals surface area contributed by atoms with Gasteiger partial charge >= 0.3 is 0 Å². The third kappa shape index (κ3) is 2.40. The lowest BCUT2D eigenvalue weighted by Gasteiger charge is -2.07. The predicted molar refractivity (Wildman–Crippen MR) is 70.5 cm³/mol. The Morgan fingerprint density at radius 1 is 1.35 bits per heavy atom. The Balaban J connectivity index is 1.68. The lowest BCUT2D eigenvalue weighted by molar-refractivity contribution is 0.0949. The highest BCUT2D eigenvalue weighted by molar-refractivity contribution is 5.94. The molecule has 0 spiro atoms. The van der Waals surface area contributed by atoms with E-state index in [1.807, 2.05) is 18.2 Å². The molecule has 0 saturated heterocycles. The molecule has 0 saturated carbocycles. The lowest BCUT2D eigenvalue weighted by atomic mass is 10.2. The van der Waals surface area contributed by atoms with Gasteiger partial charge in [0.1, 0.15) is 6.33 Å². The Bertz CT molecular complexity index is 658. The predicted octanol–water partition coefficient (Wildman–Crippen LogP) is 1.44. The summed E-state index contributed by atoms with van der Waals surface area (Å²) in [7, 11) is 0. The zero-order valence-electron chi connectivity index (χ0n) is 10.9. The molecule has 1 amide bonds. The summed E-state index contributed by atoms with van der Waals surface area (Å²) in [4.78, 5) is 19.9. The van der Waals surface area contributed by atoms with Gasteiger partial charge in [0.2, 0.25) is 6.79 Å². The van der Waals surface area contributed by atoms with Gasteiger partial charge < -0.3 is 14.8 Å². The molecule has 1 N–H and O–H groups in total. The summed E-state index contributed by atoms with van der Waals surface area (Å²) in [6, 6.07) is 5.58. The molecule has 102 valence electrons. The molecular weight excluding hydrogens is 258 g/mol. The van der Waals surface area contributed by atoms with Crippen LogP contribution in [-0.4, -0.2) is 22.7 Å². The molecule has 1 aliphatic heterocycles. The highest BCUT2D eigenvalue weighted by Crippen LogP contribution is 2.32. The molecule has 1 aliphatic rings. The summed E-state index contributed by atoms with van der Waals surface area (Å²) in [6.45, 7) is 2.42. The van der Waals surface area contributed by atoms with Crippen LogP contribution >= 0.6 is 0 Å². The fraction of sp³-hybridized carbons (Fsp3) is 0.214. The van der Waals surface area contributed by atoms with Crippen LogP contribution in [0.5, 0.6) is 11.5 Å². The molecule has 0 radical (unpaired) electrons. The molecule has 0 aliphatic carbocycles. The van der Waals surface area contributed by atoms with Crippen LogP contribution in [0.25, 0.3) is 0 Å². The minimum absolute atomic E-state index is 0.194. The molecule has 20 heavy (non-hydrogen) atoms. The van der Waals surface area contributed by atoms with Gasteiger partial charge in [0.15, 0.2) is 11.5 Å². The summed E-state index contributed by atoms with van der Waals surface area (Å²) in [5.74, 6) is 1.24. The van der Waals surface area contributed by atoms with Crippen LogP contribution in [0.2, 0.25) is 0 Å². The monoisotopic (exact) mass is 271 g/mol. The van der Waals surface area contributed by atoms with Crippen molar-refractivity contribution in [3.8, 4) is 11.5 Å². The Kier molecular flexibility index (Phi) is 3.20. The zero-order valence-corrected chi connectivity index (χ0v) is 10.9. The van der Waals surface area contributed by atoms with Gasteiger partial charge in [-0.3, -0.25) is 4.79 Å². The van der Waals surface area contributed by atoms with Gasteiger partial charge in [-0.1, -0.05) is 6.07 Å². The quantitative estimate of drug-likeness (QED) is 0.914. The maximum Gasteiger partial charge on any atom is 0.254 e. The number of carbonyl (C=O) groups is 1. The van der Waals surface area contributed by atoms with Crippen LogP contribution in [-0.2, 0) is 6.54 Å². The summed E-state index contributed by atoms with van der Waals surface area (Å²) >= 11 is 0. The first kappa shape index (κ1) is 12.4. The third-order valence-corrected chi connectivity index (χ3v) is 3.05. The third-order valence-electron chi connectivity index (χ3n) is 3.05. The van der Waals surface area contributed by atoms with E-state index < -0.39 is 0 Å². The zero-order chi connectivity index (χ0) is 13.9. The number of carbonyl (C=O) groups excluding carboxylic acids is 1. The largest absolute Gasteiger partial charge is 0.454 e. The summed E-state index contributed by atoms with van der Waals surface area (Å²) in [5, 5.41) is 2.83. The Morgan fingerprint density at radius 2 is 2.20 bits per heavy atom. The average molecular weight is 271 g/mol. The number of ether oxygens (including phenoxy) is 2. The van der Waals surface area contributed by atoms with Crippen molar-refractivity contribution in [3.63, 3.8) is 0 Å². The van der Waals surface area contributed by atoms with E-state index in [0.717, 1.165) is 11.3 Å². The number of aromatic nitrogens is 2. The van der Waals surface area contributed by atoms with Crippen LogP contribution in [0, 0.1) is 6.92 Å². The average Bonchev–Trinajstić information content (AvgIpc) is 2.92. The van der Waals surface area contributed by atoms with E-state index >= 15 is 0 Å². The van der Waals surface area contributed by atoms with Gasteiger partial charge in [0.05, 0.1) is 11.3 Å². The fourth-order valence-electron chi connectivity index (χ4n) is 1.94. The number of aryl methyl sites for hydroxylation is 1. The van der Waals surface area contributed by atoms with Crippen LogP contribution in [0.3, 0.4) is 0 Å². The van der Waals surface area contributed by atoms with Crippen LogP contribution in [0.15, 0.2) is 30.7 Å². The Hall–Kier alpha value is -2.63. The molecule has 2 aromatic rings. The minimum atomic E-state index is -0.194. The molecule has 0 fully saturated rings. The topological polar surface area (TPSA) is 73.3 Å². The molecule has 1 aromatic heterocycles. The standard InChI is InChI=1S/C14H13N3O3/c1-9-11(6-15-7-17-9)14(18)16-5-10-2-3-12-13(4-10)20-8-19-12/h2-4,6-7H,5,8H2,1H3,(H,16,18). The highest BCUT2D eigenvalue weighted by atomic mass is 16.7. The molecule has 0 atom stereocenters. The number of nitrogens with one attached hydrogen (secondary N) is 1. The highest BCUT2D eigenvalue weighted by Gasteiger charge is 2.14. The van der Waals surface area contributed by atoms with Crippen LogP contribution in [0.1, 0.15) is 21.6 Å². The molecule has 6 nitrogen and oxygen atoms in total. The van der Waals surface area contributed by atoms with Crippen LogP contribution < -0.4 is 14.8 Å². The number of fused-ring (bicyclic) bond motifs is 1. The Labute approximate surface area is 115 Å². The summed E-state index contributed by atoms with van der Waals surface area (Å²) in [6.07, 6.45) is 2.93. The van der Waals surface area contributed by atoms with E-state index in [9.17, 15) is 4.79 Å². The lowest BCUT2D eigenvalue weighted by Crippen LogP contribution is -2.24. The van der Waals surface area contributed by atoms with Crippen molar-refractivity contribution in [1.29, 1.82) is 0 Å². The van der Waals surface area contributed by atoms with Gasteiger partial charge in [-0.15, -0.1) is 0 Å². The number of rotatable bonds is 3. The van der Waals surface area contributed by atoms with Gasteiger partial charge in [-0.2, -0.15) is 0 Å². The second-order valence-corrected chi connectivity index (χ2v) is 4.39. The van der Waals surface area contributed by atoms with Crippen molar-refractivity contribution in [2.45, 2.75) is 13.5 Å². The van der Waals surface area contributed by atoms with E-state index in [2.05, 4.69) is 15.3 Å². The van der Waals surface area contributed by atoms with Crippen molar-refractivity contribution in [2.24, 2.45) is 0 Å². The van der Waals surface area contributed by atoms with E-state index in [1.54, 1.807) is 6.92 Å². The van der Waals surface area contributed by atoms with E-state index in [0.29, 0.717) is 23.6 Å². The van der Waals surface area contributed by atoms with Crippen molar-refractivity contribution in [3.05, 3.63) is 47.5 Å². The van der Waals surface area contributed by atoms with Gasteiger partial charge in [-0.05, 0) is 24.6 Å². The van der Waals surface area contributed by atoms with Gasteiger partial charge in [0.25, 0.3) is 5.91 Å². The first-order chi connectivity index (χ1) is 9.74. The van der Waals surface area contributed by atoms with Crippen molar-refractivity contribution >= 4 is 5.91 Å². The number of hydrogen-bond donors (Lipinski definition) is 1. The Morgan fingerprint density at radius 3 is 3.05 bits per heavy atom. The van der Waals surface area contributed by atoms with E-state index in [1.165, 1.54) is 12.5 Å². The number of benzene rings is 1. The maximum absolute atomic E-state index is 12.0. The normalized spacial score (nSPS) is 12.2. The van der Waals surface area contributed by atoms with Crippen LogP contribution in [0.4, 0.5) is 0 Å². The van der Waals surface area contributed by atoms with Gasteiger partial charge in [0, 0.05) is 12.7 Å². The number of amides is 1. The maximum atomic E-state index is 12.0. The fourth-order valence-corrected chi connectivity index (χ4v) is 1.94. The number of nitrogens with zero attached hydrogens (tertiary/aromatic N) is 2. The second-order valence-electron chi connectivity index (χ2n) is 4.39. The second kappa shape index (κ2) is 5.16. The minimum Gasteiger partial charge on any atom is -0.454 e. The molecule has 0 unspecified atom stereocenters. The van der Waals surface area contributed by atoms with Crippen molar-refractivity contribution < 1.29 is 14.3 Å².